The summed E-state index contributed by atoms with van der Waals surface area (Å²) in [7, 11) is 0. The largest absolute Gasteiger partial charge is 0.387 e. The maximum Gasteiger partial charge on any atom is 0.184 e. The van der Waals surface area contributed by atoms with Gasteiger partial charge >= 0.3 is 0 Å². The first-order chi connectivity index (χ1) is 22.2. The first kappa shape index (κ1) is 36.1. The fourth-order valence-corrected chi connectivity index (χ4v) is 4.48. The van der Waals surface area contributed by atoms with Crippen molar-refractivity contribution in [2.24, 2.45) is 0 Å². The third kappa shape index (κ3) is 10.9. The Labute approximate surface area is 269 Å². The van der Waals surface area contributed by atoms with Gasteiger partial charge in [-0.15, -0.1) is 0 Å². The summed E-state index contributed by atoms with van der Waals surface area (Å²) in [5, 5.41) is 29.0. The zero-order valence-electron chi connectivity index (χ0n) is 26.0. The summed E-state index contributed by atoms with van der Waals surface area (Å²) < 4.78 is 16.3. The Kier molecular flexibility index (Phi) is 14.6. The van der Waals surface area contributed by atoms with E-state index in [0.717, 1.165) is 52.2 Å². The van der Waals surface area contributed by atoms with E-state index >= 15 is 0 Å². The summed E-state index contributed by atoms with van der Waals surface area (Å²) in [5.41, 5.74) is 6.43. The molecule has 3 N–H and O–H groups in total. The van der Waals surface area contributed by atoms with Crippen LogP contribution in [0.1, 0.15) is 59.6 Å². The average Bonchev–Trinajstić information content (AvgIpc) is 3.09. The van der Waals surface area contributed by atoms with Crippen molar-refractivity contribution >= 4 is 18.9 Å². The van der Waals surface area contributed by atoms with Gasteiger partial charge in [-0.1, -0.05) is 108 Å². The van der Waals surface area contributed by atoms with Gasteiger partial charge in [0.15, 0.2) is 12.6 Å². The third-order valence-electron chi connectivity index (χ3n) is 7.13. The van der Waals surface area contributed by atoms with E-state index in [4.69, 9.17) is 14.2 Å². The molecule has 2 aliphatic heterocycles. The second-order valence-electron chi connectivity index (χ2n) is 10.8. The number of aryl methyl sites for hydroxylation is 3. The summed E-state index contributed by atoms with van der Waals surface area (Å²) >= 11 is 0. The number of carbonyl (C=O) groups is 3. The first-order valence-electron chi connectivity index (χ1n) is 14.7. The fraction of sp³-hybridized carbons (Fsp3) is 0.270. The Morgan fingerprint density at radius 2 is 1.28 bits per heavy atom. The van der Waals surface area contributed by atoms with Gasteiger partial charge in [-0.2, -0.15) is 0 Å². The van der Waals surface area contributed by atoms with Gasteiger partial charge in [0.25, 0.3) is 0 Å². The molecule has 242 valence electrons. The maximum atomic E-state index is 10.2. The van der Waals surface area contributed by atoms with E-state index < -0.39 is 37.0 Å². The van der Waals surface area contributed by atoms with E-state index in [1.165, 1.54) is 5.56 Å². The van der Waals surface area contributed by atoms with E-state index in [2.05, 4.69) is 0 Å². The van der Waals surface area contributed by atoms with Crippen LogP contribution >= 0.6 is 0 Å². The van der Waals surface area contributed by atoms with Gasteiger partial charge in [0.2, 0.25) is 0 Å². The van der Waals surface area contributed by atoms with Gasteiger partial charge in [-0.3, -0.25) is 14.4 Å². The van der Waals surface area contributed by atoms with Crippen molar-refractivity contribution in [2.45, 2.75) is 57.8 Å². The maximum absolute atomic E-state index is 10.2. The van der Waals surface area contributed by atoms with Crippen LogP contribution in [0, 0.1) is 20.8 Å². The van der Waals surface area contributed by atoms with E-state index in [-0.39, 0.29) is 6.61 Å². The topological polar surface area (TPSA) is 140 Å². The number of carbonyl (C=O) groups excluding carboxylic acids is 3. The van der Waals surface area contributed by atoms with Gasteiger partial charge < -0.3 is 29.5 Å². The Hall–Kier alpha value is -4.35. The summed E-state index contributed by atoms with van der Waals surface area (Å²) in [6, 6.07) is 31.8. The van der Waals surface area contributed by atoms with Crippen molar-refractivity contribution in [3.8, 4) is 0 Å². The molecule has 2 saturated heterocycles. The molecule has 2 aliphatic rings. The summed E-state index contributed by atoms with van der Waals surface area (Å²) in [6.07, 6.45) is -3.35. The Balaban J connectivity index is 0.000000181. The van der Waals surface area contributed by atoms with Gasteiger partial charge in [0.1, 0.15) is 43.3 Å². The molecule has 0 aromatic heterocycles. The van der Waals surface area contributed by atoms with Crippen LogP contribution in [0.4, 0.5) is 0 Å². The first-order valence-corrected chi connectivity index (χ1v) is 14.7. The van der Waals surface area contributed by atoms with Crippen LogP contribution < -0.4 is 0 Å². The van der Waals surface area contributed by atoms with Crippen LogP contribution in [0.15, 0.2) is 103 Å². The lowest BCUT2D eigenvalue weighted by Crippen LogP contribution is -2.61. The molecular weight excluding hydrogens is 588 g/mol. The molecule has 6 atom stereocenters. The minimum Gasteiger partial charge on any atom is -0.387 e. The van der Waals surface area contributed by atoms with Crippen molar-refractivity contribution in [1.29, 1.82) is 0 Å². The van der Waals surface area contributed by atoms with Crippen LogP contribution in [-0.4, -0.2) is 71.5 Å². The molecule has 9 nitrogen and oxygen atoms in total. The number of fused-ring (bicyclic) bond motifs is 1. The van der Waals surface area contributed by atoms with Gasteiger partial charge in [0.05, 0.1) is 6.61 Å². The molecular formula is C37H40O9. The summed E-state index contributed by atoms with van der Waals surface area (Å²) in [6.45, 7) is 6.07. The lowest BCUT2D eigenvalue weighted by atomic mass is 9.98. The molecule has 9 heteroatoms. The highest BCUT2D eigenvalue weighted by Gasteiger charge is 2.48. The smallest absolute Gasteiger partial charge is 0.184 e. The number of hydrogen-bond acceptors (Lipinski definition) is 9. The molecule has 0 saturated carbocycles. The predicted molar refractivity (Wildman–Crippen MR) is 173 cm³/mol. The molecule has 4 aromatic rings. The second kappa shape index (κ2) is 18.6. The fourth-order valence-electron chi connectivity index (χ4n) is 4.48. The number of rotatable bonds is 4. The zero-order valence-corrected chi connectivity index (χ0v) is 26.0. The second-order valence-corrected chi connectivity index (χ2v) is 10.8. The third-order valence-corrected chi connectivity index (χ3v) is 7.13. The molecule has 6 rings (SSSR count). The molecule has 0 spiro atoms. The molecule has 4 aromatic carbocycles. The van der Waals surface area contributed by atoms with E-state index in [1.807, 2.05) is 118 Å². The van der Waals surface area contributed by atoms with Crippen molar-refractivity contribution in [3.05, 3.63) is 142 Å². The van der Waals surface area contributed by atoms with Crippen LogP contribution in [0.2, 0.25) is 0 Å². The van der Waals surface area contributed by atoms with Crippen LogP contribution in [-0.2, 0) is 14.2 Å². The van der Waals surface area contributed by atoms with E-state index in [9.17, 15) is 29.7 Å². The normalized spacial score (nSPS) is 22.9. The predicted octanol–water partition coefficient (Wildman–Crippen LogP) is 4.96. The Morgan fingerprint density at radius 3 is 1.85 bits per heavy atom. The van der Waals surface area contributed by atoms with Crippen LogP contribution in [0.25, 0.3) is 0 Å². The number of aldehydes is 3. The number of ether oxygens (including phenoxy) is 3. The summed E-state index contributed by atoms with van der Waals surface area (Å²) in [5.74, 6) is 0. The van der Waals surface area contributed by atoms with E-state index in [1.54, 1.807) is 6.07 Å². The highest BCUT2D eigenvalue weighted by atomic mass is 16.7. The lowest BCUT2D eigenvalue weighted by Gasteiger charge is -2.45. The highest BCUT2D eigenvalue weighted by molar-refractivity contribution is 5.77. The van der Waals surface area contributed by atoms with Crippen molar-refractivity contribution in [2.75, 3.05) is 6.61 Å². The molecule has 0 bridgehead atoms. The molecule has 46 heavy (non-hydrogen) atoms. The molecule has 2 heterocycles. The van der Waals surface area contributed by atoms with Gasteiger partial charge in [-0.25, -0.2) is 0 Å². The minimum atomic E-state index is -1.42. The van der Waals surface area contributed by atoms with Crippen LogP contribution in [0.3, 0.4) is 0 Å². The monoisotopic (exact) mass is 628 g/mol. The van der Waals surface area contributed by atoms with Crippen molar-refractivity contribution in [1.82, 2.24) is 0 Å². The van der Waals surface area contributed by atoms with Crippen LogP contribution in [0.5, 0.6) is 0 Å². The summed E-state index contributed by atoms with van der Waals surface area (Å²) in [4.78, 5) is 30.5. The van der Waals surface area contributed by atoms with E-state index in [0.29, 0.717) is 0 Å². The van der Waals surface area contributed by atoms with Crippen molar-refractivity contribution < 1.29 is 43.9 Å². The number of benzene rings is 4. The molecule has 0 aliphatic carbocycles. The molecule has 2 fully saturated rings. The molecule has 6 unspecified atom stereocenters. The zero-order chi connectivity index (χ0) is 33.5. The lowest BCUT2D eigenvalue weighted by molar-refractivity contribution is -0.354. The van der Waals surface area contributed by atoms with Gasteiger partial charge in [0, 0.05) is 22.3 Å². The van der Waals surface area contributed by atoms with Crippen molar-refractivity contribution in [3.63, 3.8) is 0 Å². The molecule has 0 amide bonds. The number of aliphatic hydroxyl groups is 3. The van der Waals surface area contributed by atoms with Gasteiger partial charge in [-0.05, 0) is 32.4 Å². The molecule has 0 radical (unpaired) electrons. The Morgan fingerprint density at radius 1 is 0.630 bits per heavy atom. The number of aliphatic hydroxyl groups excluding tert-OH is 3. The standard InChI is InChI=1S/C13H16O6.3C8H8O/c14-9-10(15)12(16)18-8-6-17-13(19-11(8)9)7-4-2-1-3-5-7;1-7-2-4-8(6-9)5-3-7;1-7-3-2-4-8(5-7)6-9;1-7-4-2-3-5-8(7)6-9/h1-5,8-16H,6H2;3*2-6H,1H3. The SMILES string of the molecule is Cc1ccc(C=O)cc1.Cc1cccc(C=O)c1.Cc1ccccc1C=O.OC1OC2COC(c3ccccc3)OC2C(O)C1O. The quantitative estimate of drug-likeness (QED) is 0.268. The minimum absolute atomic E-state index is 0.186. The average molecular weight is 629 g/mol. The Bertz CT molecular complexity index is 1510. The highest BCUT2D eigenvalue weighted by Crippen LogP contribution is 2.33. The number of hydrogen-bond donors (Lipinski definition) is 3.